The maximum atomic E-state index is 5.78. The number of hydrogen-bond acceptors (Lipinski definition) is 8. The second-order valence-corrected chi connectivity index (χ2v) is 8.52. The number of anilines is 3. The molecule has 3 heterocycles. The van der Waals surface area contributed by atoms with Crippen molar-refractivity contribution in [2.45, 2.75) is 0 Å². The SMILES string of the molecule is C=C(Nc1cc2cc(-c3cnc(N)s3)ccc2cn1)c1ccnc(NCCN(C)C)c1. The molecule has 0 radical (unpaired) electrons. The average molecular weight is 432 g/mol. The molecule has 1 aromatic carbocycles. The predicted octanol–water partition coefficient (Wildman–Crippen LogP) is 4.39. The first-order valence-corrected chi connectivity index (χ1v) is 10.7. The van der Waals surface area contributed by atoms with Gasteiger partial charge in [0.25, 0.3) is 0 Å². The van der Waals surface area contributed by atoms with Crippen LogP contribution in [0.2, 0.25) is 0 Å². The molecule has 4 rings (SSSR count). The highest BCUT2D eigenvalue weighted by Crippen LogP contribution is 2.30. The fourth-order valence-corrected chi connectivity index (χ4v) is 3.81. The van der Waals surface area contributed by atoms with Gasteiger partial charge in [-0.05, 0) is 49.3 Å². The van der Waals surface area contributed by atoms with Crippen molar-refractivity contribution in [2.75, 3.05) is 43.6 Å². The first kappa shape index (κ1) is 20.8. The number of fused-ring (bicyclic) bond motifs is 1. The number of nitrogen functional groups attached to an aromatic ring is 1. The van der Waals surface area contributed by atoms with Crippen LogP contribution in [0.3, 0.4) is 0 Å². The average Bonchev–Trinajstić information content (AvgIpc) is 3.19. The monoisotopic (exact) mass is 431 g/mol. The van der Waals surface area contributed by atoms with Gasteiger partial charge < -0.3 is 21.3 Å². The fourth-order valence-electron chi connectivity index (χ4n) is 3.13. The lowest BCUT2D eigenvalue weighted by Gasteiger charge is -2.13. The number of likely N-dealkylation sites (N-methyl/N-ethyl adjacent to an activating group) is 1. The van der Waals surface area contributed by atoms with Crippen LogP contribution in [0.25, 0.3) is 26.9 Å². The van der Waals surface area contributed by atoms with Gasteiger partial charge in [0.05, 0.1) is 4.88 Å². The number of nitrogens with zero attached hydrogens (tertiary/aromatic N) is 4. The molecule has 0 aliphatic carbocycles. The van der Waals surface area contributed by atoms with Gasteiger partial charge >= 0.3 is 0 Å². The number of rotatable bonds is 8. The van der Waals surface area contributed by atoms with Crippen molar-refractivity contribution in [2.24, 2.45) is 0 Å². The molecule has 0 fully saturated rings. The van der Waals surface area contributed by atoms with E-state index in [4.69, 9.17) is 5.73 Å². The molecule has 0 bridgehead atoms. The van der Waals surface area contributed by atoms with Crippen molar-refractivity contribution in [3.63, 3.8) is 0 Å². The number of nitrogens with two attached hydrogens (primary N) is 1. The summed E-state index contributed by atoms with van der Waals surface area (Å²) in [5.74, 6) is 1.56. The van der Waals surface area contributed by atoms with Crippen LogP contribution in [0.5, 0.6) is 0 Å². The Kier molecular flexibility index (Phi) is 6.11. The minimum Gasteiger partial charge on any atom is -0.375 e. The number of thiazole rings is 1. The maximum Gasteiger partial charge on any atom is 0.180 e. The van der Waals surface area contributed by atoms with Crippen molar-refractivity contribution < 1.29 is 0 Å². The zero-order chi connectivity index (χ0) is 21.8. The van der Waals surface area contributed by atoms with Crippen molar-refractivity contribution in [3.05, 3.63) is 67.1 Å². The second kappa shape index (κ2) is 9.11. The molecule has 0 unspecified atom stereocenters. The summed E-state index contributed by atoms with van der Waals surface area (Å²) in [6.45, 7) is 5.94. The number of benzene rings is 1. The molecule has 4 aromatic rings. The highest BCUT2D eigenvalue weighted by molar-refractivity contribution is 7.18. The summed E-state index contributed by atoms with van der Waals surface area (Å²) in [4.78, 5) is 16.2. The molecule has 8 heteroatoms. The van der Waals surface area contributed by atoms with E-state index in [0.717, 1.165) is 57.2 Å². The number of aromatic nitrogens is 3. The summed E-state index contributed by atoms with van der Waals surface area (Å²) >= 11 is 1.48. The standard InChI is InChI=1S/C23H25N7S/c1-15(16-6-7-25-21(11-16)26-8-9-30(2)3)29-22-12-19-10-17(4-5-18(19)13-27-22)20-14-28-23(24)31-20/h4-7,10-14H,1,8-9H2,2-3H3,(H2,24,28)(H,25,26)(H,27,29). The molecule has 4 N–H and O–H groups in total. The van der Waals surface area contributed by atoms with Gasteiger partial charge in [-0.2, -0.15) is 0 Å². The van der Waals surface area contributed by atoms with Crippen LogP contribution in [0.4, 0.5) is 16.8 Å². The third-order valence-electron chi connectivity index (χ3n) is 4.78. The van der Waals surface area contributed by atoms with Crippen LogP contribution in [0.1, 0.15) is 5.56 Å². The predicted molar refractivity (Wildman–Crippen MR) is 131 cm³/mol. The lowest BCUT2D eigenvalue weighted by atomic mass is 10.1. The van der Waals surface area contributed by atoms with E-state index in [2.05, 4.69) is 55.3 Å². The van der Waals surface area contributed by atoms with Crippen LogP contribution in [0.15, 0.2) is 61.6 Å². The Labute approximate surface area is 185 Å². The van der Waals surface area contributed by atoms with E-state index >= 15 is 0 Å². The Bertz CT molecular complexity index is 1220. The first-order chi connectivity index (χ1) is 15.0. The van der Waals surface area contributed by atoms with E-state index in [1.165, 1.54) is 11.3 Å². The normalized spacial score (nSPS) is 11.1. The van der Waals surface area contributed by atoms with Crippen LogP contribution >= 0.6 is 11.3 Å². The van der Waals surface area contributed by atoms with Crippen molar-refractivity contribution >= 4 is 44.6 Å². The minimum atomic E-state index is 0.566. The molecule has 0 atom stereocenters. The molecule has 0 saturated carbocycles. The van der Waals surface area contributed by atoms with E-state index in [-0.39, 0.29) is 0 Å². The zero-order valence-corrected chi connectivity index (χ0v) is 18.4. The molecular weight excluding hydrogens is 406 g/mol. The van der Waals surface area contributed by atoms with E-state index in [1.54, 1.807) is 12.4 Å². The summed E-state index contributed by atoms with van der Waals surface area (Å²) in [7, 11) is 4.09. The summed E-state index contributed by atoms with van der Waals surface area (Å²) in [6, 6.07) is 12.2. The van der Waals surface area contributed by atoms with Gasteiger partial charge in [0.2, 0.25) is 0 Å². The van der Waals surface area contributed by atoms with Gasteiger partial charge in [-0.1, -0.05) is 30.0 Å². The van der Waals surface area contributed by atoms with Gasteiger partial charge in [-0.3, -0.25) is 0 Å². The van der Waals surface area contributed by atoms with Crippen LogP contribution < -0.4 is 16.4 Å². The largest absolute Gasteiger partial charge is 0.375 e. The van der Waals surface area contributed by atoms with Gasteiger partial charge in [-0.25, -0.2) is 15.0 Å². The minimum absolute atomic E-state index is 0.566. The van der Waals surface area contributed by atoms with Crippen LogP contribution in [-0.2, 0) is 0 Å². The fraction of sp³-hybridized carbons (Fsp3) is 0.174. The van der Waals surface area contributed by atoms with Crippen molar-refractivity contribution in [3.8, 4) is 10.4 Å². The second-order valence-electron chi connectivity index (χ2n) is 7.46. The van der Waals surface area contributed by atoms with Crippen LogP contribution in [-0.4, -0.2) is 47.0 Å². The number of nitrogens with one attached hydrogen (secondary N) is 2. The van der Waals surface area contributed by atoms with Gasteiger partial charge in [-0.15, -0.1) is 0 Å². The van der Waals surface area contributed by atoms with Gasteiger partial charge in [0.1, 0.15) is 11.6 Å². The first-order valence-electron chi connectivity index (χ1n) is 9.90. The zero-order valence-electron chi connectivity index (χ0n) is 17.6. The summed E-state index contributed by atoms with van der Waals surface area (Å²) in [5.41, 5.74) is 8.58. The lowest BCUT2D eigenvalue weighted by Crippen LogP contribution is -2.21. The van der Waals surface area contributed by atoms with Crippen molar-refractivity contribution in [1.82, 2.24) is 19.9 Å². The van der Waals surface area contributed by atoms with E-state index in [9.17, 15) is 0 Å². The summed E-state index contributed by atoms with van der Waals surface area (Å²) in [5, 5.41) is 9.36. The summed E-state index contributed by atoms with van der Waals surface area (Å²) in [6.07, 6.45) is 5.44. The molecule has 31 heavy (non-hydrogen) atoms. The van der Waals surface area contributed by atoms with E-state index in [0.29, 0.717) is 5.13 Å². The Morgan fingerprint density at radius 2 is 1.90 bits per heavy atom. The Morgan fingerprint density at radius 3 is 2.68 bits per heavy atom. The molecule has 0 saturated heterocycles. The smallest absolute Gasteiger partial charge is 0.180 e. The third kappa shape index (κ3) is 5.17. The number of pyridine rings is 2. The molecule has 0 amide bonds. The molecule has 0 aliphatic rings. The third-order valence-corrected chi connectivity index (χ3v) is 5.66. The Balaban J connectivity index is 1.50. The molecule has 3 aromatic heterocycles. The van der Waals surface area contributed by atoms with Crippen molar-refractivity contribution in [1.29, 1.82) is 0 Å². The molecular formula is C23H25N7S. The van der Waals surface area contributed by atoms with Gasteiger partial charge in [0, 0.05) is 48.3 Å². The van der Waals surface area contributed by atoms with Gasteiger partial charge in [0.15, 0.2) is 5.13 Å². The topological polar surface area (TPSA) is 92.0 Å². The Hall–Kier alpha value is -3.49. The highest BCUT2D eigenvalue weighted by atomic mass is 32.1. The summed E-state index contributed by atoms with van der Waals surface area (Å²) < 4.78 is 0. The molecule has 0 spiro atoms. The quantitative estimate of drug-likeness (QED) is 0.381. The van der Waals surface area contributed by atoms with E-state index in [1.807, 2.05) is 38.5 Å². The highest BCUT2D eigenvalue weighted by Gasteiger charge is 2.07. The molecule has 158 valence electrons. The Morgan fingerprint density at radius 1 is 1.03 bits per heavy atom. The maximum absolute atomic E-state index is 5.78. The lowest BCUT2D eigenvalue weighted by molar-refractivity contribution is 0.425. The molecule has 0 aliphatic heterocycles. The molecule has 7 nitrogen and oxygen atoms in total. The van der Waals surface area contributed by atoms with E-state index < -0.39 is 0 Å². The van der Waals surface area contributed by atoms with Crippen LogP contribution in [0, 0.1) is 0 Å². The number of hydrogen-bond donors (Lipinski definition) is 3.